The van der Waals surface area contributed by atoms with E-state index in [4.69, 9.17) is 9.47 Å². The first kappa shape index (κ1) is 20.6. The van der Waals surface area contributed by atoms with Gasteiger partial charge in [0.05, 0.1) is 32.6 Å². The van der Waals surface area contributed by atoms with Crippen LogP contribution >= 0.6 is 0 Å². The molecule has 8 nitrogen and oxygen atoms in total. The summed E-state index contributed by atoms with van der Waals surface area (Å²) >= 11 is 0. The van der Waals surface area contributed by atoms with Crippen LogP contribution in [0.1, 0.15) is 18.0 Å². The number of benzene rings is 1. The van der Waals surface area contributed by atoms with E-state index in [0.717, 1.165) is 25.9 Å². The number of ether oxygens (including phenoxy) is 2. The van der Waals surface area contributed by atoms with E-state index in [9.17, 15) is 13.2 Å². The smallest absolute Gasteiger partial charge is 0.221 e. The van der Waals surface area contributed by atoms with Crippen molar-refractivity contribution in [3.63, 3.8) is 0 Å². The van der Waals surface area contributed by atoms with Crippen molar-refractivity contribution in [2.24, 2.45) is 0 Å². The lowest BCUT2D eigenvalue weighted by Gasteiger charge is -2.26. The molecular formula is C17H27N3O5S. The van der Waals surface area contributed by atoms with Crippen molar-refractivity contribution in [2.75, 3.05) is 52.8 Å². The van der Waals surface area contributed by atoms with E-state index in [0.29, 0.717) is 31.1 Å². The number of hydrogen-bond acceptors (Lipinski definition) is 6. The van der Waals surface area contributed by atoms with Crippen molar-refractivity contribution in [3.8, 4) is 5.75 Å². The molecule has 0 radical (unpaired) electrons. The van der Waals surface area contributed by atoms with E-state index in [2.05, 4.69) is 14.9 Å². The van der Waals surface area contributed by atoms with E-state index in [1.54, 1.807) is 31.4 Å². The van der Waals surface area contributed by atoms with Gasteiger partial charge in [0.25, 0.3) is 0 Å². The SMILES string of the molecule is COc1ccc([C@@H](CC(=O)NCCN2CCOCC2)NS(C)(=O)=O)cc1. The Kier molecular flexibility index (Phi) is 7.83. The standard InChI is InChI=1S/C17H27N3O5S/c1-24-15-5-3-14(4-6-15)16(19-26(2,22)23)13-17(21)18-7-8-20-9-11-25-12-10-20/h3-6,16,19H,7-13H2,1-2H3,(H,18,21)/t16-/m1/s1. The van der Waals surface area contributed by atoms with Gasteiger partial charge in [0, 0.05) is 32.6 Å². The zero-order valence-electron chi connectivity index (χ0n) is 15.2. The fourth-order valence-corrected chi connectivity index (χ4v) is 3.49. The van der Waals surface area contributed by atoms with Crippen molar-refractivity contribution in [2.45, 2.75) is 12.5 Å². The second-order valence-electron chi connectivity index (χ2n) is 6.22. The van der Waals surface area contributed by atoms with Crippen LogP contribution in [0, 0.1) is 0 Å². The normalized spacial score (nSPS) is 16.8. The van der Waals surface area contributed by atoms with E-state index >= 15 is 0 Å². The summed E-state index contributed by atoms with van der Waals surface area (Å²) in [5.41, 5.74) is 0.708. The van der Waals surface area contributed by atoms with Crippen LogP contribution in [-0.4, -0.2) is 72.0 Å². The zero-order chi connectivity index (χ0) is 19.0. The molecule has 1 aliphatic rings. The van der Waals surface area contributed by atoms with Gasteiger partial charge in [-0.2, -0.15) is 0 Å². The van der Waals surface area contributed by atoms with Gasteiger partial charge in [0.1, 0.15) is 5.75 Å². The van der Waals surface area contributed by atoms with Crippen LogP contribution in [-0.2, 0) is 19.6 Å². The Balaban J connectivity index is 1.90. The number of rotatable bonds is 9. The third-order valence-corrected chi connectivity index (χ3v) is 4.83. The van der Waals surface area contributed by atoms with Gasteiger partial charge < -0.3 is 14.8 Å². The molecular weight excluding hydrogens is 358 g/mol. The van der Waals surface area contributed by atoms with Gasteiger partial charge in [-0.25, -0.2) is 13.1 Å². The van der Waals surface area contributed by atoms with Crippen LogP contribution in [0.4, 0.5) is 0 Å². The largest absolute Gasteiger partial charge is 0.497 e. The fourth-order valence-electron chi connectivity index (χ4n) is 2.76. The molecule has 1 amide bonds. The third kappa shape index (κ3) is 7.28. The number of hydrogen-bond donors (Lipinski definition) is 2. The summed E-state index contributed by atoms with van der Waals surface area (Å²) < 4.78 is 36.2. The van der Waals surface area contributed by atoms with E-state index in [1.165, 1.54) is 0 Å². The Morgan fingerprint density at radius 1 is 1.27 bits per heavy atom. The topological polar surface area (TPSA) is 97.0 Å². The van der Waals surface area contributed by atoms with Crippen LogP contribution in [0.2, 0.25) is 0 Å². The number of sulfonamides is 1. The lowest BCUT2D eigenvalue weighted by atomic mass is 10.0. The summed E-state index contributed by atoms with van der Waals surface area (Å²) in [5.74, 6) is 0.469. The second kappa shape index (κ2) is 9.86. The minimum atomic E-state index is -3.45. The minimum absolute atomic E-state index is 0.0303. The first-order valence-electron chi connectivity index (χ1n) is 8.55. The molecule has 146 valence electrons. The zero-order valence-corrected chi connectivity index (χ0v) is 16.0. The molecule has 1 aromatic rings. The first-order chi connectivity index (χ1) is 12.4. The van der Waals surface area contributed by atoms with Gasteiger partial charge in [-0.15, -0.1) is 0 Å². The highest BCUT2D eigenvalue weighted by molar-refractivity contribution is 7.88. The van der Waals surface area contributed by atoms with Gasteiger partial charge in [-0.1, -0.05) is 12.1 Å². The molecule has 0 bridgehead atoms. The molecule has 1 aliphatic heterocycles. The predicted molar refractivity (Wildman–Crippen MR) is 98.6 cm³/mol. The number of carbonyl (C=O) groups excluding carboxylic acids is 1. The Labute approximate surface area is 154 Å². The molecule has 2 N–H and O–H groups in total. The average Bonchev–Trinajstić information content (AvgIpc) is 2.61. The van der Waals surface area contributed by atoms with E-state index < -0.39 is 16.1 Å². The summed E-state index contributed by atoms with van der Waals surface area (Å²) in [4.78, 5) is 14.5. The Bertz CT molecular complexity index is 672. The number of nitrogens with zero attached hydrogens (tertiary/aromatic N) is 1. The van der Waals surface area contributed by atoms with Gasteiger partial charge in [0.15, 0.2) is 0 Å². The molecule has 2 rings (SSSR count). The lowest BCUT2D eigenvalue weighted by molar-refractivity contribution is -0.121. The second-order valence-corrected chi connectivity index (χ2v) is 8.00. The summed E-state index contributed by atoms with van der Waals surface area (Å²) in [5, 5.41) is 2.86. The number of carbonyl (C=O) groups is 1. The van der Waals surface area contributed by atoms with Crippen molar-refractivity contribution in [1.29, 1.82) is 0 Å². The van der Waals surface area contributed by atoms with Crippen molar-refractivity contribution in [1.82, 2.24) is 14.9 Å². The number of amides is 1. The molecule has 1 aromatic carbocycles. The molecule has 1 atom stereocenters. The van der Waals surface area contributed by atoms with Gasteiger partial charge in [-0.3, -0.25) is 9.69 Å². The maximum absolute atomic E-state index is 12.3. The molecule has 0 unspecified atom stereocenters. The van der Waals surface area contributed by atoms with Gasteiger partial charge in [0.2, 0.25) is 15.9 Å². The minimum Gasteiger partial charge on any atom is -0.497 e. The average molecular weight is 385 g/mol. The maximum atomic E-state index is 12.3. The molecule has 1 heterocycles. The monoisotopic (exact) mass is 385 g/mol. The van der Waals surface area contributed by atoms with Gasteiger partial charge in [-0.05, 0) is 17.7 Å². The third-order valence-electron chi connectivity index (χ3n) is 4.12. The highest BCUT2D eigenvalue weighted by Gasteiger charge is 2.20. The number of methoxy groups -OCH3 is 1. The summed E-state index contributed by atoms with van der Waals surface area (Å²) in [6, 6.07) is 6.36. The molecule has 1 saturated heterocycles. The number of morpholine rings is 1. The van der Waals surface area contributed by atoms with Crippen LogP contribution in [0.25, 0.3) is 0 Å². The van der Waals surface area contributed by atoms with Crippen LogP contribution in [0.15, 0.2) is 24.3 Å². The molecule has 9 heteroatoms. The molecule has 1 fully saturated rings. The molecule has 0 saturated carbocycles. The van der Waals surface area contributed by atoms with Crippen molar-refractivity contribution < 1.29 is 22.7 Å². The van der Waals surface area contributed by atoms with Crippen LogP contribution in [0.5, 0.6) is 5.75 Å². The number of nitrogens with one attached hydrogen (secondary N) is 2. The van der Waals surface area contributed by atoms with Crippen LogP contribution < -0.4 is 14.8 Å². The summed E-state index contributed by atoms with van der Waals surface area (Å²) in [6.07, 6.45) is 1.11. The van der Waals surface area contributed by atoms with E-state index in [1.807, 2.05) is 0 Å². The van der Waals surface area contributed by atoms with Crippen LogP contribution in [0.3, 0.4) is 0 Å². The molecule has 0 spiro atoms. The van der Waals surface area contributed by atoms with Crippen molar-refractivity contribution >= 4 is 15.9 Å². The molecule has 0 aromatic heterocycles. The Morgan fingerprint density at radius 2 is 1.92 bits per heavy atom. The summed E-state index contributed by atoms with van der Waals surface area (Å²) in [7, 11) is -1.90. The fraction of sp³-hybridized carbons (Fsp3) is 0.588. The van der Waals surface area contributed by atoms with Gasteiger partial charge >= 0.3 is 0 Å². The van der Waals surface area contributed by atoms with E-state index in [-0.39, 0.29) is 12.3 Å². The first-order valence-corrected chi connectivity index (χ1v) is 10.4. The maximum Gasteiger partial charge on any atom is 0.221 e. The highest BCUT2D eigenvalue weighted by Crippen LogP contribution is 2.21. The highest BCUT2D eigenvalue weighted by atomic mass is 32.2. The molecule has 0 aliphatic carbocycles. The predicted octanol–water partition coefficient (Wildman–Crippen LogP) is 0.124. The van der Waals surface area contributed by atoms with Crippen molar-refractivity contribution in [3.05, 3.63) is 29.8 Å². The Hall–Kier alpha value is -1.68. The Morgan fingerprint density at radius 3 is 2.50 bits per heavy atom. The quantitative estimate of drug-likeness (QED) is 0.627. The lowest BCUT2D eigenvalue weighted by Crippen LogP contribution is -2.42. The summed E-state index contributed by atoms with van der Waals surface area (Å²) in [6.45, 7) is 4.42. The molecule has 26 heavy (non-hydrogen) atoms.